The number of amides is 1. The largest absolute Gasteiger partial charge is 0.356 e. The zero-order chi connectivity index (χ0) is 14.4. The Bertz CT molecular complexity index is 557. The lowest BCUT2D eigenvalue weighted by Crippen LogP contribution is -2.27. The van der Waals surface area contributed by atoms with Crippen molar-refractivity contribution in [3.63, 3.8) is 0 Å². The monoisotopic (exact) mass is 275 g/mol. The summed E-state index contributed by atoms with van der Waals surface area (Å²) in [5, 5.41) is 2.92. The quantitative estimate of drug-likeness (QED) is 0.817. The second-order valence-corrected chi connectivity index (χ2v) is 4.69. The lowest BCUT2D eigenvalue weighted by molar-refractivity contribution is -0.121. The summed E-state index contributed by atoms with van der Waals surface area (Å²) in [6.07, 6.45) is 9.47. The van der Waals surface area contributed by atoms with Gasteiger partial charge in [0.05, 0.1) is 0 Å². The van der Waals surface area contributed by atoms with E-state index in [1.54, 1.807) is 12.4 Å². The van der Waals surface area contributed by atoms with Crippen molar-refractivity contribution in [2.45, 2.75) is 32.7 Å². The van der Waals surface area contributed by atoms with Gasteiger partial charge >= 0.3 is 0 Å². The molecular weight excluding hydrogens is 254 g/mol. The highest BCUT2D eigenvalue weighted by Gasteiger charge is 2.05. The molecule has 0 unspecified atom stereocenters. The molecule has 0 saturated heterocycles. The summed E-state index contributed by atoms with van der Waals surface area (Å²) in [5.41, 5.74) is 0. The van der Waals surface area contributed by atoms with Crippen LogP contribution in [0.5, 0.6) is 0 Å². The second-order valence-electron chi connectivity index (χ2n) is 4.69. The van der Waals surface area contributed by atoms with Crippen molar-refractivity contribution < 1.29 is 4.79 Å². The molecule has 6 heteroatoms. The molecule has 108 valence electrons. The molecule has 0 aliphatic heterocycles. The van der Waals surface area contributed by atoms with Gasteiger partial charge in [-0.2, -0.15) is 0 Å². The normalized spacial score (nSPS) is 10.7. The van der Waals surface area contributed by atoms with Crippen molar-refractivity contribution in [1.29, 1.82) is 0 Å². The van der Waals surface area contributed by atoms with E-state index in [1.165, 1.54) is 0 Å². The molecule has 0 radical (unpaired) electrons. The molecular formula is C14H21N5O. The van der Waals surface area contributed by atoms with Gasteiger partial charge in [-0.1, -0.05) is 6.92 Å². The maximum absolute atomic E-state index is 11.8. The standard InChI is InChI=1S/C14H21N5O/c1-3-12-15-8-11-19(12)9-5-14(20)17-6-4-13-16-7-10-18(13)2/h7-8,10-11H,3-6,9H2,1-2H3,(H,17,20). The first-order valence-electron chi connectivity index (χ1n) is 6.93. The van der Waals surface area contributed by atoms with E-state index in [0.717, 1.165) is 24.5 Å². The third-order valence-corrected chi connectivity index (χ3v) is 3.29. The summed E-state index contributed by atoms with van der Waals surface area (Å²) < 4.78 is 3.99. The van der Waals surface area contributed by atoms with Crippen LogP contribution in [0.15, 0.2) is 24.8 Å². The average molecular weight is 275 g/mol. The summed E-state index contributed by atoms with van der Waals surface area (Å²) in [6.45, 7) is 3.36. The average Bonchev–Trinajstić information content (AvgIpc) is 3.05. The molecule has 0 bridgehead atoms. The molecule has 0 spiro atoms. The minimum absolute atomic E-state index is 0.0648. The van der Waals surface area contributed by atoms with E-state index in [-0.39, 0.29) is 5.91 Å². The number of hydrogen-bond acceptors (Lipinski definition) is 3. The predicted molar refractivity (Wildman–Crippen MR) is 76.1 cm³/mol. The number of hydrogen-bond donors (Lipinski definition) is 1. The lowest BCUT2D eigenvalue weighted by Gasteiger charge is -2.07. The van der Waals surface area contributed by atoms with Gasteiger partial charge in [0.1, 0.15) is 11.6 Å². The summed E-state index contributed by atoms with van der Waals surface area (Å²) in [7, 11) is 1.95. The summed E-state index contributed by atoms with van der Waals surface area (Å²) >= 11 is 0. The molecule has 0 aliphatic rings. The van der Waals surface area contributed by atoms with E-state index in [1.807, 2.05) is 28.6 Å². The van der Waals surface area contributed by atoms with Crippen LogP contribution < -0.4 is 5.32 Å². The van der Waals surface area contributed by atoms with Crippen LogP contribution in [0.3, 0.4) is 0 Å². The van der Waals surface area contributed by atoms with E-state index in [4.69, 9.17) is 0 Å². The SMILES string of the molecule is CCc1nccn1CCC(=O)NCCc1nccn1C. The first-order valence-corrected chi connectivity index (χ1v) is 6.93. The molecule has 6 nitrogen and oxygen atoms in total. The number of nitrogens with one attached hydrogen (secondary N) is 1. The van der Waals surface area contributed by atoms with Gasteiger partial charge in [0.25, 0.3) is 0 Å². The minimum Gasteiger partial charge on any atom is -0.356 e. The topological polar surface area (TPSA) is 64.7 Å². The van der Waals surface area contributed by atoms with Gasteiger partial charge in [-0.25, -0.2) is 9.97 Å². The fourth-order valence-corrected chi connectivity index (χ4v) is 2.12. The van der Waals surface area contributed by atoms with Gasteiger partial charge < -0.3 is 14.5 Å². The van der Waals surface area contributed by atoms with Crippen molar-refractivity contribution in [1.82, 2.24) is 24.4 Å². The van der Waals surface area contributed by atoms with Crippen LogP contribution in [0, 0.1) is 0 Å². The third kappa shape index (κ3) is 3.69. The molecule has 0 atom stereocenters. The van der Waals surface area contributed by atoms with Gasteiger partial charge in [0, 0.05) is 64.2 Å². The Balaban J connectivity index is 1.69. The Morgan fingerprint density at radius 1 is 1.25 bits per heavy atom. The van der Waals surface area contributed by atoms with Gasteiger partial charge in [-0.15, -0.1) is 0 Å². The van der Waals surface area contributed by atoms with E-state index < -0.39 is 0 Å². The Labute approximate surface area is 118 Å². The first kappa shape index (κ1) is 14.3. The van der Waals surface area contributed by atoms with E-state index in [0.29, 0.717) is 19.5 Å². The van der Waals surface area contributed by atoms with Crippen LogP contribution in [0.2, 0.25) is 0 Å². The number of nitrogens with zero attached hydrogens (tertiary/aromatic N) is 4. The fourth-order valence-electron chi connectivity index (χ4n) is 2.12. The minimum atomic E-state index is 0.0648. The zero-order valence-electron chi connectivity index (χ0n) is 12.0. The number of rotatable bonds is 7. The van der Waals surface area contributed by atoms with Crippen LogP contribution >= 0.6 is 0 Å². The predicted octanol–water partition coefficient (Wildman–Crippen LogP) is 0.928. The van der Waals surface area contributed by atoms with Crippen LogP contribution in [-0.4, -0.2) is 31.6 Å². The van der Waals surface area contributed by atoms with Crippen LogP contribution in [0.1, 0.15) is 25.0 Å². The van der Waals surface area contributed by atoms with Crippen molar-refractivity contribution in [3.8, 4) is 0 Å². The Morgan fingerprint density at radius 3 is 2.70 bits per heavy atom. The summed E-state index contributed by atoms with van der Waals surface area (Å²) in [6, 6.07) is 0. The van der Waals surface area contributed by atoms with E-state index in [2.05, 4.69) is 22.2 Å². The van der Waals surface area contributed by atoms with E-state index >= 15 is 0 Å². The maximum atomic E-state index is 11.8. The molecule has 2 heterocycles. The van der Waals surface area contributed by atoms with Crippen molar-refractivity contribution in [2.75, 3.05) is 6.54 Å². The van der Waals surface area contributed by atoms with Crippen molar-refractivity contribution in [2.24, 2.45) is 7.05 Å². The number of aromatic nitrogens is 4. The highest BCUT2D eigenvalue weighted by molar-refractivity contribution is 5.75. The molecule has 2 rings (SSSR count). The number of imidazole rings is 2. The molecule has 0 fully saturated rings. The van der Waals surface area contributed by atoms with Gasteiger partial charge in [0.15, 0.2) is 0 Å². The van der Waals surface area contributed by atoms with Crippen LogP contribution in [0.25, 0.3) is 0 Å². The number of aryl methyl sites for hydroxylation is 3. The molecule has 1 N–H and O–H groups in total. The third-order valence-electron chi connectivity index (χ3n) is 3.29. The molecule has 20 heavy (non-hydrogen) atoms. The van der Waals surface area contributed by atoms with Crippen molar-refractivity contribution in [3.05, 3.63) is 36.4 Å². The molecule has 1 amide bonds. The molecule has 2 aromatic rings. The highest BCUT2D eigenvalue weighted by atomic mass is 16.1. The summed E-state index contributed by atoms with van der Waals surface area (Å²) in [4.78, 5) is 20.2. The second kappa shape index (κ2) is 6.88. The molecule has 2 aromatic heterocycles. The Kier molecular flexibility index (Phi) is 4.92. The Hall–Kier alpha value is -2.11. The molecule has 0 saturated carbocycles. The Morgan fingerprint density at radius 2 is 2.00 bits per heavy atom. The number of carbonyl (C=O) groups is 1. The van der Waals surface area contributed by atoms with E-state index in [9.17, 15) is 4.79 Å². The first-order chi connectivity index (χ1) is 9.70. The maximum Gasteiger partial charge on any atom is 0.221 e. The van der Waals surface area contributed by atoms with Crippen LogP contribution in [0.4, 0.5) is 0 Å². The zero-order valence-corrected chi connectivity index (χ0v) is 12.0. The van der Waals surface area contributed by atoms with Crippen LogP contribution in [-0.2, 0) is 31.2 Å². The van der Waals surface area contributed by atoms with Gasteiger partial charge in [-0.3, -0.25) is 4.79 Å². The highest BCUT2D eigenvalue weighted by Crippen LogP contribution is 2.00. The summed E-state index contributed by atoms with van der Waals surface area (Å²) in [5.74, 6) is 2.06. The molecule has 0 aromatic carbocycles. The van der Waals surface area contributed by atoms with Gasteiger partial charge in [0.2, 0.25) is 5.91 Å². The van der Waals surface area contributed by atoms with Crippen molar-refractivity contribution >= 4 is 5.91 Å². The van der Waals surface area contributed by atoms with Gasteiger partial charge in [-0.05, 0) is 0 Å². The fraction of sp³-hybridized carbons (Fsp3) is 0.500. The number of carbonyl (C=O) groups excluding carboxylic acids is 1. The smallest absolute Gasteiger partial charge is 0.221 e. The molecule has 0 aliphatic carbocycles. The lowest BCUT2D eigenvalue weighted by atomic mass is 10.3.